The molecule has 7 nitrogen and oxygen atoms in total. The van der Waals surface area contributed by atoms with Crippen molar-refractivity contribution in [2.45, 2.75) is 13.3 Å². The highest BCUT2D eigenvalue weighted by Gasteiger charge is 2.32. The quantitative estimate of drug-likeness (QED) is 0.431. The third-order valence-corrected chi connectivity index (χ3v) is 5.37. The van der Waals surface area contributed by atoms with Crippen molar-refractivity contribution in [1.29, 1.82) is 0 Å². The van der Waals surface area contributed by atoms with E-state index in [-0.39, 0.29) is 11.5 Å². The number of thiocarbonyl (C=S) groups is 1. The van der Waals surface area contributed by atoms with E-state index in [1.54, 1.807) is 36.4 Å². The highest BCUT2D eigenvalue weighted by molar-refractivity contribution is 8.26. The Morgan fingerprint density at radius 3 is 2.93 bits per heavy atom. The number of ether oxygens (including phenoxy) is 1. The van der Waals surface area contributed by atoms with Crippen molar-refractivity contribution in [3.05, 3.63) is 45.2 Å². The number of hydrogen-bond donors (Lipinski definition) is 1. The number of anilines is 1. The molecule has 1 fully saturated rings. The number of fused-ring (bicyclic) bond motifs is 1. The standard InChI is InChI=1S/C18H20N4O3S2/c1-3-19-15-12(16(23)21-8-5-4-7-14(21)20-15)11-13-17(24)22(18(26)27-13)9-6-10-25-2/h4-5,7-8,11,19H,3,6,9-10H2,1-2H3. The van der Waals surface area contributed by atoms with E-state index in [1.807, 2.05) is 13.0 Å². The van der Waals surface area contributed by atoms with Crippen LogP contribution in [-0.4, -0.2) is 51.3 Å². The minimum atomic E-state index is -0.235. The van der Waals surface area contributed by atoms with Crippen LogP contribution in [0.4, 0.5) is 5.82 Å². The molecule has 0 radical (unpaired) electrons. The normalized spacial score (nSPS) is 15.9. The van der Waals surface area contributed by atoms with Gasteiger partial charge in [-0.1, -0.05) is 30.0 Å². The molecule has 0 atom stereocenters. The number of nitrogens with zero attached hydrogens (tertiary/aromatic N) is 3. The average molecular weight is 405 g/mol. The Bertz CT molecular complexity index is 971. The second-order valence-electron chi connectivity index (χ2n) is 5.82. The van der Waals surface area contributed by atoms with Crippen LogP contribution in [0, 0.1) is 0 Å². The maximum Gasteiger partial charge on any atom is 0.267 e. The van der Waals surface area contributed by atoms with Crippen LogP contribution >= 0.6 is 24.0 Å². The minimum Gasteiger partial charge on any atom is -0.385 e. The van der Waals surface area contributed by atoms with Gasteiger partial charge >= 0.3 is 0 Å². The van der Waals surface area contributed by atoms with Crippen molar-refractivity contribution >= 4 is 51.7 Å². The third kappa shape index (κ3) is 4.05. The first-order chi connectivity index (χ1) is 13.1. The van der Waals surface area contributed by atoms with Crippen LogP contribution in [0.1, 0.15) is 18.9 Å². The molecule has 1 N–H and O–H groups in total. The molecule has 2 aromatic rings. The van der Waals surface area contributed by atoms with Crippen molar-refractivity contribution in [2.75, 3.05) is 32.1 Å². The number of methoxy groups -OCH3 is 1. The predicted octanol–water partition coefficient (Wildman–Crippen LogP) is 2.36. The highest BCUT2D eigenvalue weighted by Crippen LogP contribution is 2.33. The van der Waals surface area contributed by atoms with Crippen LogP contribution in [-0.2, 0) is 9.53 Å². The van der Waals surface area contributed by atoms with E-state index in [2.05, 4.69) is 10.3 Å². The summed E-state index contributed by atoms with van der Waals surface area (Å²) in [7, 11) is 1.62. The van der Waals surface area contributed by atoms with Crippen molar-refractivity contribution in [1.82, 2.24) is 14.3 Å². The monoisotopic (exact) mass is 404 g/mol. The molecule has 1 saturated heterocycles. The summed E-state index contributed by atoms with van der Waals surface area (Å²) in [6.45, 7) is 3.57. The number of pyridine rings is 1. The van der Waals surface area contributed by atoms with Crippen molar-refractivity contribution in [3.63, 3.8) is 0 Å². The van der Waals surface area contributed by atoms with Crippen LogP contribution in [0.3, 0.4) is 0 Å². The molecule has 0 spiro atoms. The second-order valence-corrected chi connectivity index (χ2v) is 7.49. The molecular weight excluding hydrogens is 384 g/mol. The Hall–Kier alpha value is -2.23. The zero-order chi connectivity index (χ0) is 19.4. The molecule has 1 aliphatic heterocycles. The fraction of sp³-hybridized carbons (Fsp3) is 0.333. The maximum atomic E-state index is 12.9. The van der Waals surface area contributed by atoms with E-state index >= 15 is 0 Å². The molecule has 1 aliphatic rings. The van der Waals surface area contributed by atoms with Crippen LogP contribution in [0.5, 0.6) is 0 Å². The molecule has 0 saturated carbocycles. The Balaban J connectivity index is 2.01. The lowest BCUT2D eigenvalue weighted by Crippen LogP contribution is -2.29. The van der Waals surface area contributed by atoms with E-state index in [4.69, 9.17) is 17.0 Å². The topological polar surface area (TPSA) is 75.9 Å². The number of aromatic nitrogens is 2. The Morgan fingerprint density at radius 1 is 1.37 bits per heavy atom. The molecule has 0 aromatic carbocycles. The zero-order valence-electron chi connectivity index (χ0n) is 15.1. The van der Waals surface area contributed by atoms with E-state index in [0.29, 0.717) is 52.4 Å². The van der Waals surface area contributed by atoms with Crippen LogP contribution in [0.25, 0.3) is 11.7 Å². The molecule has 0 bridgehead atoms. The molecule has 142 valence electrons. The second kappa shape index (κ2) is 8.64. The highest BCUT2D eigenvalue weighted by atomic mass is 32.2. The zero-order valence-corrected chi connectivity index (χ0v) is 16.7. The summed E-state index contributed by atoms with van der Waals surface area (Å²) in [5, 5.41) is 3.11. The van der Waals surface area contributed by atoms with Gasteiger partial charge in [0.15, 0.2) is 0 Å². The number of rotatable bonds is 7. The molecule has 27 heavy (non-hydrogen) atoms. The smallest absolute Gasteiger partial charge is 0.267 e. The van der Waals surface area contributed by atoms with Crippen LogP contribution < -0.4 is 10.9 Å². The summed E-state index contributed by atoms with van der Waals surface area (Å²) in [6, 6.07) is 5.35. The largest absolute Gasteiger partial charge is 0.385 e. The van der Waals surface area contributed by atoms with Crippen LogP contribution in [0.2, 0.25) is 0 Å². The van der Waals surface area contributed by atoms with Gasteiger partial charge in [-0.25, -0.2) is 4.98 Å². The number of nitrogens with one attached hydrogen (secondary N) is 1. The Morgan fingerprint density at radius 2 is 2.19 bits per heavy atom. The molecule has 1 amide bonds. The third-order valence-electron chi connectivity index (χ3n) is 3.99. The summed E-state index contributed by atoms with van der Waals surface area (Å²) in [6.07, 6.45) is 3.94. The van der Waals surface area contributed by atoms with E-state index < -0.39 is 0 Å². The first kappa shape index (κ1) is 19.5. The lowest BCUT2D eigenvalue weighted by atomic mass is 10.2. The average Bonchev–Trinajstić information content (AvgIpc) is 2.92. The van der Waals surface area contributed by atoms with Crippen molar-refractivity contribution in [3.8, 4) is 0 Å². The molecular formula is C18H20N4O3S2. The Kier molecular flexibility index (Phi) is 6.25. The SMILES string of the molecule is CCNc1nc2ccccn2c(=O)c1C=C1SC(=S)N(CCCOC)C1=O. The Labute approximate surface area is 166 Å². The van der Waals surface area contributed by atoms with Crippen molar-refractivity contribution in [2.24, 2.45) is 0 Å². The lowest BCUT2D eigenvalue weighted by Gasteiger charge is -2.13. The molecule has 0 aliphatic carbocycles. The molecule has 0 unspecified atom stereocenters. The number of hydrogen-bond acceptors (Lipinski definition) is 7. The fourth-order valence-electron chi connectivity index (χ4n) is 2.73. The summed E-state index contributed by atoms with van der Waals surface area (Å²) in [5.41, 5.74) is 0.654. The first-order valence-electron chi connectivity index (χ1n) is 8.56. The van der Waals surface area contributed by atoms with Gasteiger partial charge in [-0.3, -0.25) is 18.9 Å². The molecule has 2 aromatic heterocycles. The van der Waals surface area contributed by atoms with Gasteiger partial charge in [0, 0.05) is 33.0 Å². The van der Waals surface area contributed by atoms with E-state index in [0.717, 1.165) is 0 Å². The van der Waals surface area contributed by atoms with Gasteiger partial charge in [0.25, 0.3) is 11.5 Å². The van der Waals surface area contributed by atoms with Gasteiger partial charge in [-0.2, -0.15) is 0 Å². The van der Waals surface area contributed by atoms with Gasteiger partial charge in [0.1, 0.15) is 15.8 Å². The summed E-state index contributed by atoms with van der Waals surface area (Å²) >= 11 is 6.53. The number of thioether (sulfide) groups is 1. The molecule has 9 heteroatoms. The predicted molar refractivity (Wildman–Crippen MR) is 112 cm³/mol. The number of carbonyl (C=O) groups is 1. The van der Waals surface area contributed by atoms with Gasteiger partial charge in [-0.05, 0) is 31.6 Å². The minimum absolute atomic E-state index is 0.193. The molecule has 3 rings (SSSR count). The van der Waals surface area contributed by atoms with Crippen molar-refractivity contribution < 1.29 is 9.53 Å². The number of carbonyl (C=O) groups excluding carboxylic acids is 1. The van der Waals surface area contributed by atoms with E-state index in [9.17, 15) is 9.59 Å². The fourth-order valence-corrected chi connectivity index (χ4v) is 4.02. The van der Waals surface area contributed by atoms with Gasteiger partial charge in [-0.15, -0.1) is 0 Å². The van der Waals surface area contributed by atoms with Gasteiger partial charge in [0.05, 0.1) is 10.5 Å². The summed E-state index contributed by atoms with van der Waals surface area (Å²) < 4.78 is 6.98. The summed E-state index contributed by atoms with van der Waals surface area (Å²) in [4.78, 5) is 32.1. The first-order valence-corrected chi connectivity index (χ1v) is 9.79. The number of amides is 1. The van der Waals surface area contributed by atoms with E-state index in [1.165, 1.54) is 16.2 Å². The maximum absolute atomic E-state index is 12.9. The van der Waals surface area contributed by atoms with Gasteiger partial charge in [0.2, 0.25) is 0 Å². The lowest BCUT2D eigenvalue weighted by molar-refractivity contribution is -0.122. The summed E-state index contributed by atoms with van der Waals surface area (Å²) in [5.74, 6) is 0.263. The van der Waals surface area contributed by atoms with Gasteiger partial charge < -0.3 is 10.1 Å². The van der Waals surface area contributed by atoms with Crippen LogP contribution in [0.15, 0.2) is 34.1 Å². The molecule has 3 heterocycles.